The van der Waals surface area contributed by atoms with Crippen LogP contribution in [0.5, 0.6) is 0 Å². The summed E-state index contributed by atoms with van der Waals surface area (Å²) in [5.41, 5.74) is 3.28. The molecule has 2 unspecified atom stereocenters. The summed E-state index contributed by atoms with van der Waals surface area (Å²) in [5.74, 6) is -0.479. The number of rotatable bonds is 1. The van der Waals surface area contributed by atoms with Crippen molar-refractivity contribution in [2.24, 2.45) is 0 Å². The number of imide groups is 1. The number of carbonyl (C=O) groups excluding carboxylic acids is 2. The number of hydrogen-bond donors (Lipinski definition) is 1. The lowest BCUT2D eigenvalue weighted by atomic mass is 10.0. The van der Waals surface area contributed by atoms with Gasteiger partial charge in [0.1, 0.15) is 12.1 Å². The maximum absolute atomic E-state index is 11.7. The van der Waals surface area contributed by atoms with Crippen LogP contribution in [0.25, 0.3) is 0 Å². The Hall–Kier alpha value is -1.84. The molecule has 0 aromatic heterocycles. The van der Waals surface area contributed by atoms with Crippen molar-refractivity contribution in [1.82, 2.24) is 5.32 Å². The summed E-state index contributed by atoms with van der Waals surface area (Å²) >= 11 is 0. The molecule has 1 fully saturated rings. The number of aryl methyl sites for hydroxylation is 2. The van der Waals surface area contributed by atoms with E-state index in [1.807, 2.05) is 50.8 Å². The fourth-order valence-corrected chi connectivity index (χ4v) is 2.25. The van der Waals surface area contributed by atoms with E-state index in [9.17, 15) is 9.59 Å². The predicted octanol–water partition coefficient (Wildman–Crippen LogP) is 1.54. The highest BCUT2D eigenvalue weighted by Gasteiger charge is 2.36. The number of piperazine rings is 1. The van der Waals surface area contributed by atoms with Crippen molar-refractivity contribution >= 4 is 17.5 Å². The Kier molecular flexibility index (Phi) is 3.11. The molecule has 2 atom stereocenters. The molecule has 1 aliphatic rings. The third-order valence-electron chi connectivity index (χ3n) is 3.63. The van der Waals surface area contributed by atoms with E-state index in [2.05, 4.69) is 5.32 Å². The minimum atomic E-state index is -0.334. The minimum absolute atomic E-state index is 0.240. The van der Waals surface area contributed by atoms with Crippen molar-refractivity contribution in [3.8, 4) is 0 Å². The van der Waals surface area contributed by atoms with E-state index in [0.717, 1.165) is 11.3 Å². The first-order chi connectivity index (χ1) is 8.41. The topological polar surface area (TPSA) is 49.4 Å². The van der Waals surface area contributed by atoms with Crippen LogP contribution in [0, 0.1) is 13.8 Å². The lowest BCUT2D eigenvalue weighted by molar-refractivity contribution is -0.134. The summed E-state index contributed by atoms with van der Waals surface area (Å²) in [6.07, 6.45) is 0. The lowest BCUT2D eigenvalue weighted by Crippen LogP contribution is -2.61. The molecule has 1 aliphatic heterocycles. The molecule has 0 bridgehead atoms. The highest BCUT2D eigenvalue weighted by Crippen LogP contribution is 2.25. The van der Waals surface area contributed by atoms with Gasteiger partial charge in [-0.3, -0.25) is 14.9 Å². The van der Waals surface area contributed by atoms with Gasteiger partial charge in [-0.2, -0.15) is 0 Å². The normalized spacial score (nSPS) is 24.1. The second-order valence-corrected chi connectivity index (χ2v) is 4.88. The van der Waals surface area contributed by atoms with Crippen molar-refractivity contribution in [1.29, 1.82) is 0 Å². The van der Waals surface area contributed by atoms with Gasteiger partial charge in [0.15, 0.2) is 0 Å². The number of anilines is 1. The first-order valence-electron chi connectivity index (χ1n) is 6.12. The Morgan fingerprint density at radius 2 is 1.56 bits per heavy atom. The van der Waals surface area contributed by atoms with Crippen LogP contribution in [0.2, 0.25) is 0 Å². The minimum Gasteiger partial charge on any atom is -0.348 e. The van der Waals surface area contributed by atoms with Crippen molar-refractivity contribution in [3.63, 3.8) is 0 Å². The predicted molar refractivity (Wildman–Crippen MR) is 70.5 cm³/mol. The van der Waals surface area contributed by atoms with Crippen LogP contribution in [0.1, 0.15) is 25.0 Å². The molecule has 4 nitrogen and oxygen atoms in total. The zero-order chi connectivity index (χ0) is 13.4. The molecular weight excluding hydrogens is 228 g/mol. The van der Waals surface area contributed by atoms with Crippen molar-refractivity contribution < 1.29 is 9.59 Å². The molecule has 0 spiro atoms. The Morgan fingerprint density at radius 1 is 1.00 bits per heavy atom. The Bertz CT molecular complexity index is 491. The summed E-state index contributed by atoms with van der Waals surface area (Å²) < 4.78 is 0. The largest absolute Gasteiger partial charge is 0.348 e. The quantitative estimate of drug-likeness (QED) is 0.765. The molecule has 1 aromatic carbocycles. The van der Waals surface area contributed by atoms with Gasteiger partial charge in [-0.25, -0.2) is 0 Å². The number of nitrogens with one attached hydrogen (secondary N) is 1. The number of amides is 2. The van der Waals surface area contributed by atoms with E-state index >= 15 is 0 Å². The second-order valence-electron chi connectivity index (χ2n) is 4.88. The van der Waals surface area contributed by atoms with Crippen molar-refractivity contribution in [2.75, 3.05) is 4.90 Å². The first kappa shape index (κ1) is 12.6. The summed E-state index contributed by atoms with van der Waals surface area (Å²) in [7, 11) is 0. The Labute approximate surface area is 107 Å². The molecule has 2 rings (SSSR count). The van der Waals surface area contributed by atoms with Gasteiger partial charge in [0.25, 0.3) is 0 Å². The number of benzene rings is 1. The highest BCUT2D eigenvalue weighted by molar-refractivity contribution is 6.06. The standard InChI is InChI=1S/C14H18N2O2/c1-8-5-6-12(7-9(8)2)16-10(3)13(17)15-14(18)11(16)4/h5-7,10-11H,1-4H3,(H,15,17,18). The van der Waals surface area contributed by atoms with E-state index in [0.29, 0.717) is 0 Å². The summed E-state index contributed by atoms with van der Waals surface area (Å²) in [4.78, 5) is 25.3. The maximum atomic E-state index is 11.7. The van der Waals surface area contributed by atoms with Crippen molar-refractivity contribution in [3.05, 3.63) is 29.3 Å². The van der Waals surface area contributed by atoms with Gasteiger partial charge in [-0.15, -0.1) is 0 Å². The molecule has 1 saturated heterocycles. The van der Waals surface area contributed by atoms with E-state index in [-0.39, 0.29) is 23.9 Å². The van der Waals surface area contributed by atoms with E-state index in [1.165, 1.54) is 5.56 Å². The SMILES string of the molecule is Cc1ccc(N2C(C)C(=O)NC(=O)C2C)cc1C. The lowest BCUT2D eigenvalue weighted by Gasteiger charge is -2.39. The Morgan fingerprint density at radius 3 is 2.06 bits per heavy atom. The molecule has 4 heteroatoms. The van der Waals surface area contributed by atoms with Gasteiger partial charge >= 0.3 is 0 Å². The van der Waals surface area contributed by atoms with Crippen LogP contribution in [-0.4, -0.2) is 23.9 Å². The molecular formula is C14H18N2O2. The number of hydrogen-bond acceptors (Lipinski definition) is 3. The van der Waals surface area contributed by atoms with Crippen LogP contribution in [-0.2, 0) is 9.59 Å². The van der Waals surface area contributed by atoms with Crippen LogP contribution in [0.4, 0.5) is 5.69 Å². The maximum Gasteiger partial charge on any atom is 0.249 e. The molecule has 1 aromatic rings. The molecule has 0 aliphatic carbocycles. The molecule has 18 heavy (non-hydrogen) atoms. The van der Waals surface area contributed by atoms with Gasteiger partial charge in [0, 0.05) is 5.69 Å². The summed E-state index contributed by atoms with van der Waals surface area (Å²) in [5, 5.41) is 2.39. The van der Waals surface area contributed by atoms with Gasteiger partial charge < -0.3 is 4.90 Å². The van der Waals surface area contributed by atoms with E-state index < -0.39 is 0 Å². The van der Waals surface area contributed by atoms with Gasteiger partial charge in [-0.1, -0.05) is 6.07 Å². The number of carbonyl (C=O) groups is 2. The van der Waals surface area contributed by atoms with Gasteiger partial charge in [0.2, 0.25) is 11.8 Å². The smallest absolute Gasteiger partial charge is 0.249 e. The van der Waals surface area contributed by atoms with Crippen LogP contribution in [0.3, 0.4) is 0 Å². The fraction of sp³-hybridized carbons (Fsp3) is 0.429. The van der Waals surface area contributed by atoms with Crippen LogP contribution in [0.15, 0.2) is 18.2 Å². The average molecular weight is 246 g/mol. The fourth-order valence-electron chi connectivity index (χ4n) is 2.25. The third-order valence-corrected chi connectivity index (χ3v) is 3.63. The highest BCUT2D eigenvalue weighted by atomic mass is 16.2. The first-order valence-corrected chi connectivity index (χ1v) is 6.12. The Balaban J connectivity index is 2.42. The summed E-state index contributed by atoms with van der Waals surface area (Å²) in [6, 6.07) is 5.33. The van der Waals surface area contributed by atoms with Gasteiger partial charge in [-0.05, 0) is 51.0 Å². The van der Waals surface area contributed by atoms with E-state index in [1.54, 1.807) is 0 Å². The monoisotopic (exact) mass is 246 g/mol. The third kappa shape index (κ3) is 1.98. The van der Waals surface area contributed by atoms with E-state index in [4.69, 9.17) is 0 Å². The molecule has 1 heterocycles. The summed E-state index contributed by atoms with van der Waals surface area (Å²) in [6.45, 7) is 7.70. The van der Waals surface area contributed by atoms with Gasteiger partial charge in [0.05, 0.1) is 0 Å². The molecule has 1 N–H and O–H groups in total. The second kappa shape index (κ2) is 4.44. The molecule has 96 valence electrons. The van der Waals surface area contributed by atoms with Crippen LogP contribution < -0.4 is 10.2 Å². The van der Waals surface area contributed by atoms with Crippen molar-refractivity contribution in [2.45, 2.75) is 39.8 Å². The van der Waals surface area contributed by atoms with Crippen LogP contribution >= 0.6 is 0 Å². The number of nitrogens with zero attached hydrogens (tertiary/aromatic N) is 1. The molecule has 2 amide bonds. The zero-order valence-corrected chi connectivity index (χ0v) is 11.2. The average Bonchev–Trinajstić information content (AvgIpc) is 2.31. The molecule has 0 radical (unpaired) electrons. The zero-order valence-electron chi connectivity index (χ0n) is 11.2. The molecule has 0 saturated carbocycles.